The molecule has 0 aliphatic rings. The minimum atomic E-state index is -0.303. The first-order chi connectivity index (χ1) is 7.76. The fourth-order valence-electron chi connectivity index (χ4n) is 1.12. The number of hydrogen-bond donors (Lipinski definition) is 2. The van der Waals surface area contributed by atoms with Crippen LogP contribution in [0.3, 0.4) is 0 Å². The van der Waals surface area contributed by atoms with Crippen molar-refractivity contribution in [2.75, 3.05) is 12.0 Å². The van der Waals surface area contributed by atoms with E-state index < -0.39 is 0 Å². The van der Waals surface area contributed by atoms with Gasteiger partial charge in [0, 0.05) is 11.3 Å². The molecule has 0 fully saturated rings. The average Bonchev–Trinajstić information content (AvgIpc) is 2.30. The Kier molecular flexibility index (Phi) is 4.90. The molecule has 84 valence electrons. The van der Waals surface area contributed by atoms with Gasteiger partial charge in [0.05, 0.1) is 6.61 Å². The Morgan fingerprint density at radius 1 is 1.56 bits per heavy atom. The molecule has 0 spiro atoms. The van der Waals surface area contributed by atoms with Crippen molar-refractivity contribution in [3.05, 3.63) is 29.8 Å². The van der Waals surface area contributed by atoms with E-state index in [0.717, 1.165) is 11.3 Å². The Bertz CT molecular complexity index is 419. The Morgan fingerprint density at radius 3 is 3.06 bits per heavy atom. The maximum atomic E-state index is 11.0. The number of hydrogen-bond acceptors (Lipinski definition) is 4. The molecule has 4 heteroatoms. The van der Waals surface area contributed by atoms with Gasteiger partial charge in [-0.15, -0.1) is 0 Å². The minimum Gasteiger partial charge on any atom is -0.465 e. The van der Waals surface area contributed by atoms with E-state index >= 15 is 0 Å². The molecule has 1 rings (SSSR count). The third kappa shape index (κ3) is 4.03. The molecule has 0 aromatic heterocycles. The second kappa shape index (κ2) is 6.49. The van der Waals surface area contributed by atoms with Gasteiger partial charge >= 0.3 is 5.97 Å². The zero-order chi connectivity index (χ0) is 11.8. The van der Waals surface area contributed by atoms with Crippen molar-refractivity contribution in [3.8, 4) is 11.8 Å². The lowest BCUT2D eigenvalue weighted by atomic mass is 10.2. The van der Waals surface area contributed by atoms with Crippen LogP contribution in [0, 0.1) is 11.8 Å². The number of anilines is 1. The van der Waals surface area contributed by atoms with Crippen LogP contribution >= 0.6 is 0 Å². The molecule has 3 N–H and O–H groups in total. The molecular weight excluding hydrogens is 204 g/mol. The van der Waals surface area contributed by atoms with E-state index in [4.69, 9.17) is 10.6 Å². The average molecular weight is 218 g/mol. The predicted octanol–water partition coefficient (Wildman–Crippen LogP) is 1.28. The molecule has 0 radical (unpaired) electrons. The largest absolute Gasteiger partial charge is 0.465 e. The Morgan fingerprint density at radius 2 is 2.38 bits per heavy atom. The van der Waals surface area contributed by atoms with Gasteiger partial charge in [-0.05, 0) is 25.1 Å². The van der Waals surface area contributed by atoms with Gasteiger partial charge in [-0.1, -0.05) is 17.9 Å². The number of benzene rings is 1. The second-order valence-electron chi connectivity index (χ2n) is 3.01. The highest BCUT2D eigenvalue weighted by Crippen LogP contribution is 2.07. The third-order valence-electron chi connectivity index (χ3n) is 1.80. The van der Waals surface area contributed by atoms with Gasteiger partial charge in [0.15, 0.2) is 0 Å². The molecule has 0 saturated heterocycles. The van der Waals surface area contributed by atoms with E-state index in [1.807, 2.05) is 18.2 Å². The first-order valence-corrected chi connectivity index (χ1v) is 4.97. The number of nitrogens with two attached hydrogens (primary N) is 1. The van der Waals surface area contributed by atoms with E-state index in [-0.39, 0.29) is 12.4 Å². The molecule has 16 heavy (non-hydrogen) atoms. The first-order valence-electron chi connectivity index (χ1n) is 4.97. The van der Waals surface area contributed by atoms with Crippen molar-refractivity contribution in [2.24, 2.45) is 5.84 Å². The number of ether oxygens (including phenoxy) is 1. The van der Waals surface area contributed by atoms with Gasteiger partial charge in [-0.25, -0.2) is 0 Å². The van der Waals surface area contributed by atoms with Gasteiger partial charge in [0.2, 0.25) is 0 Å². The summed E-state index contributed by atoms with van der Waals surface area (Å²) in [6.07, 6.45) is 0.105. The van der Waals surface area contributed by atoms with Gasteiger partial charge in [0.1, 0.15) is 6.42 Å². The van der Waals surface area contributed by atoms with Crippen molar-refractivity contribution >= 4 is 11.7 Å². The summed E-state index contributed by atoms with van der Waals surface area (Å²) >= 11 is 0. The molecular formula is C12H14N2O2. The van der Waals surface area contributed by atoms with Crippen LogP contribution in [-0.2, 0) is 9.53 Å². The fraction of sp³-hybridized carbons (Fsp3) is 0.250. The van der Waals surface area contributed by atoms with Crippen LogP contribution in [0.5, 0.6) is 0 Å². The summed E-state index contributed by atoms with van der Waals surface area (Å²) in [6.45, 7) is 2.15. The number of nitrogens with one attached hydrogen (secondary N) is 1. The standard InChI is InChI=1S/C12H14N2O2/c1-2-16-12(15)8-4-6-10-5-3-7-11(9-10)14-13/h3,5,7,9,14H,2,8,13H2,1H3. The highest BCUT2D eigenvalue weighted by atomic mass is 16.5. The maximum Gasteiger partial charge on any atom is 0.317 e. The van der Waals surface area contributed by atoms with Crippen molar-refractivity contribution in [1.29, 1.82) is 0 Å². The number of carbonyl (C=O) groups excluding carboxylic acids is 1. The highest BCUT2D eigenvalue weighted by molar-refractivity contribution is 5.72. The summed E-state index contributed by atoms with van der Waals surface area (Å²) < 4.78 is 4.75. The maximum absolute atomic E-state index is 11.0. The molecule has 1 aromatic carbocycles. The highest BCUT2D eigenvalue weighted by Gasteiger charge is 1.96. The molecule has 0 aliphatic carbocycles. The van der Waals surface area contributed by atoms with E-state index in [0.29, 0.717) is 6.61 Å². The van der Waals surface area contributed by atoms with Crippen molar-refractivity contribution in [3.63, 3.8) is 0 Å². The monoisotopic (exact) mass is 218 g/mol. The molecule has 0 unspecified atom stereocenters. The van der Waals surface area contributed by atoms with Crippen LogP contribution in [0.4, 0.5) is 5.69 Å². The molecule has 0 atom stereocenters. The lowest BCUT2D eigenvalue weighted by Gasteiger charge is -1.98. The smallest absolute Gasteiger partial charge is 0.317 e. The van der Waals surface area contributed by atoms with Crippen molar-refractivity contribution < 1.29 is 9.53 Å². The topological polar surface area (TPSA) is 64.3 Å². The normalized spacial score (nSPS) is 8.88. The first kappa shape index (κ1) is 12.1. The second-order valence-corrected chi connectivity index (χ2v) is 3.01. The number of nitrogen functional groups attached to an aromatic ring is 1. The summed E-state index contributed by atoms with van der Waals surface area (Å²) in [7, 11) is 0. The van der Waals surface area contributed by atoms with Gasteiger partial charge in [-0.2, -0.15) is 0 Å². The van der Waals surface area contributed by atoms with Crippen LogP contribution in [0.25, 0.3) is 0 Å². The molecule has 0 heterocycles. The number of esters is 1. The quantitative estimate of drug-likeness (QED) is 0.347. The summed E-state index contributed by atoms with van der Waals surface area (Å²) in [5.74, 6) is 10.6. The van der Waals surface area contributed by atoms with Crippen LogP contribution in [0.2, 0.25) is 0 Å². The zero-order valence-corrected chi connectivity index (χ0v) is 9.12. The zero-order valence-electron chi connectivity index (χ0n) is 9.12. The number of hydrazine groups is 1. The summed E-state index contributed by atoms with van der Waals surface area (Å²) in [5.41, 5.74) is 4.11. The van der Waals surface area contributed by atoms with Crippen LogP contribution in [0.15, 0.2) is 24.3 Å². The SMILES string of the molecule is CCOC(=O)CC#Cc1cccc(NN)c1. The van der Waals surface area contributed by atoms with Crippen molar-refractivity contribution in [1.82, 2.24) is 0 Å². The summed E-state index contributed by atoms with van der Waals surface area (Å²) in [6, 6.07) is 7.32. The van der Waals surface area contributed by atoms with Crippen LogP contribution in [-0.4, -0.2) is 12.6 Å². The van der Waals surface area contributed by atoms with E-state index in [2.05, 4.69) is 17.3 Å². The Balaban J connectivity index is 2.59. The number of rotatable bonds is 3. The molecule has 0 bridgehead atoms. The van der Waals surface area contributed by atoms with Crippen LogP contribution in [0.1, 0.15) is 18.9 Å². The third-order valence-corrected chi connectivity index (χ3v) is 1.80. The molecule has 4 nitrogen and oxygen atoms in total. The Hall–Kier alpha value is -1.99. The lowest BCUT2D eigenvalue weighted by molar-refractivity contribution is -0.141. The van der Waals surface area contributed by atoms with E-state index in [1.165, 1.54) is 0 Å². The van der Waals surface area contributed by atoms with Crippen molar-refractivity contribution in [2.45, 2.75) is 13.3 Å². The summed E-state index contributed by atoms with van der Waals surface area (Å²) in [4.78, 5) is 11.0. The van der Waals surface area contributed by atoms with E-state index in [1.54, 1.807) is 13.0 Å². The summed E-state index contributed by atoms with van der Waals surface area (Å²) in [5, 5.41) is 0. The predicted molar refractivity (Wildman–Crippen MR) is 62.4 cm³/mol. The van der Waals surface area contributed by atoms with E-state index in [9.17, 15) is 4.79 Å². The van der Waals surface area contributed by atoms with Gasteiger partial charge in [-0.3, -0.25) is 10.6 Å². The molecule has 0 aliphatic heterocycles. The Labute approximate surface area is 94.8 Å². The van der Waals surface area contributed by atoms with Crippen LogP contribution < -0.4 is 11.3 Å². The fourth-order valence-corrected chi connectivity index (χ4v) is 1.12. The molecule has 0 saturated carbocycles. The van der Waals surface area contributed by atoms with Gasteiger partial charge < -0.3 is 10.2 Å². The molecule has 1 aromatic rings. The molecule has 0 amide bonds. The number of carbonyl (C=O) groups is 1. The van der Waals surface area contributed by atoms with Gasteiger partial charge in [0.25, 0.3) is 0 Å². The minimum absolute atomic E-state index is 0.105. The lowest BCUT2D eigenvalue weighted by Crippen LogP contribution is -2.06.